The highest BCUT2D eigenvalue weighted by atomic mass is 19.1. The number of nitrogens with one attached hydrogen (secondary N) is 1. The molecule has 9 nitrogen and oxygen atoms in total. The number of nitrogens with zero attached hydrogens (tertiary/aromatic N) is 3. The number of ketones is 1. The number of benzene rings is 2. The van der Waals surface area contributed by atoms with Gasteiger partial charge in [0.1, 0.15) is 11.6 Å². The molecule has 2 amide bonds. The number of aromatic nitrogens is 2. The molecule has 1 saturated carbocycles. The molecule has 3 aromatic rings. The van der Waals surface area contributed by atoms with E-state index in [4.69, 9.17) is 9.47 Å². The molecular formula is C33H41FN4O5. The number of rotatable bonds is 10. The number of amides is 2. The van der Waals surface area contributed by atoms with Gasteiger partial charge in [-0.05, 0) is 75.6 Å². The van der Waals surface area contributed by atoms with E-state index in [-0.39, 0.29) is 53.5 Å². The maximum atomic E-state index is 15.4. The molecule has 1 N–H and O–H groups in total. The van der Waals surface area contributed by atoms with Crippen molar-refractivity contribution in [2.75, 3.05) is 25.6 Å². The van der Waals surface area contributed by atoms with Gasteiger partial charge in [0.05, 0.1) is 43.3 Å². The molecule has 10 heteroatoms. The summed E-state index contributed by atoms with van der Waals surface area (Å²) in [7, 11) is 3.38. The number of anilines is 1. The predicted octanol–water partition coefficient (Wildman–Crippen LogP) is 4.99. The van der Waals surface area contributed by atoms with Gasteiger partial charge in [-0.1, -0.05) is 24.3 Å². The molecule has 0 bridgehead atoms. The van der Waals surface area contributed by atoms with E-state index in [1.807, 2.05) is 29.2 Å². The first-order valence-electron chi connectivity index (χ1n) is 15.1. The summed E-state index contributed by atoms with van der Waals surface area (Å²) in [6, 6.07) is 10.1. The summed E-state index contributed by atoms with van der Waals surface area (Å²) in [6.07, 6.45) is 4.93. The number of methoxy groups -OCH3 is 1. The van der Waals surface area contributed by atoms with Crippen LogP contribution < -0.4 is 5.32 Å². The van der Waals surface area contributed by atoms with Crippen LogP contribution in [0.1, 0.15) is 67.1 Å². The van der Waals surface area contributed by atoms with E-state index in [0.29, 0.717) is 29.9 Å². The molecule has 0 spiro atoms. The number of ether oxygens (including phenoxy) is 2. The number of hydrogen-bond donors (Lipinski definition) is 1. The van der Waals surface area contributed by atoms with Crippen molar-refractivity contribution in [2.24, 2.45) is 13.0 Å². The van der Waals surface area contributed by atoms with Gasteiger partial charge in [-0.15, -0.1) is 0 Å². The van der Waals surface area contributed by atoms with Crippen LogP contribution in [-0.2, 0) is 32.5 Å². The number of carbonyl (C=O) groups is 3. The highest BCUT2D eigenvalue weighted by Gasteiger charge is 2.38. The molecule has 1 aromatic heterocycles. The standard InChI is InChI=1S/C33H41FN4O5/c1-20-15-23(28(34)17-29(20)35-33(41)32-27-7-5-6-8-30(27)37(3)36-32)16-31(40)38-24(18-42-4)11-12-25(38)19-43-26-13-9-22(10-14-26)21(2)39/h5-8,15,17,22,24-26H,9-14,16,18-19H2,1-4H3,(H,35,41)/t22?,24-,25+,26?/m1/s1. The van der Waals surface area contributed by atoms with Crippen LogP contribution in [0.3, 0.4) is 0 Å². The van der Waals surface area contributed by atoms with E-state index in [1.54, 1.807) is 38.8 Å². The van der Waals surface area contributed by atoms with E-state index in [9.17, 15) is 14.4 Å². The van der Waals surface area contributed by atoms with E-state index >= 15 is 4.39 Å². The second-order valence-corrected chi connectivity index (χ2v) is 11.9. The van der Waals surface area contributed by atoms with Crippen LogP contribution in [0.15, 0.2) is 36.4 Å². The Balaban J connectivity index is 1.25. The Morgan fingerprint density at radius 1 is 1.02 bits per heavy atom. The zero-order chi connectivity index (χ0) is 30.7. The Kier molecular flexibility index (Phi) is 9.56. The highest BCUT2D eigenvalue weighted by Crippen LogP contribution is 2.31. The molecule has 2 atom stereocenters. The summed E-state index contributed by atoms with van der Waals surface area (Å²) >= 11 is 0. The minimum absolute atomic E-state index is 0.0842. The molecule has 230 valence electrons. The quantitative estimate of drug-likeness (QED) is 0.356. The SMILES string of the molecule is COC[C@H]1CC[C@@H](COC2CCC(C(C)=O)CC2)N1C(=O)Cc1cc(C)c(NC(=O)c2nn(C)c3ccccc23)cc1F. The first kappa shape index (κ1) is 30.8. The van der Waals surface area contributed by atoms with Crippen molar-refractivity contribution in [1.29, 1.82) is 0 Å². The Hall–Kier alpha value is -3.63. The van der Waals surface area contributed by atoms with Gasteiger partial charge in [0.25, 0.3) is 5.91 Å². The molecule has 2 fully saturated rings. The van der Waals surface area contributed by atoms with Crippen molar-refractivity contribution in [3.8, 4) is 0 Å². The molecule has 5 rings (SSSR count). The number of fused-ring (bicyclic) bond motifs is 1. The molecule has 1 saturated heterocycles. The minimum atomic E-state index is -0.558. The average Bonchev–Trinajstić information content (AvgIpc) is 3.55. The lowest BCUT2D eigenvalue weighted by Gasteiger charge is -2.33. The second-order valence-electron chi connectivity index (χ2n) is 11.9. The van der Waals surface area contributed by atoms with Crippen LogP contribution in [-0.4, -0.2) is 70.8 Å². The van der Waals surface area contributed by atoms with Crippen LogP contribution in [0.25, 0.3) is 10.9 Å². The molecule has 43 heavy (non-hydrogen) atoms. The van der Waals surface area contributed by atoms with E-state index in [1.165, 1.54) is 6.07 Å². The van der Waals surface area contributed by atoms with E-state index < -0.39 is 11.7 Å². The fourth-order valence-electron chi connectivity index (χ4n) is 6.60. The average molecular weight is 593 g/mol. The summed E-state index contributed by atoms with van der Waals surface area (Å²) in [5, 5.41) is 7.85. The van der Waals surface area contributed by atoms with Crippen molar-refractivity contribution in [1.82, 2.24) is 14.7 Å². The van der Waals surface area contributed by atoms with E-state index in [2.05, 4.69) is 10.4 Å². The Labute approximate surface area is 251 Å². The smallest absolute Gasteiger partial charge is 0.276 e. The van der Waals surface area contributed by atoms with Gasteiger partial charge in [0, 0.05) is 31.1 Å². The van der Waals surface area contributed by atoms with Gasteiger partial charge in [-0.3, -0.25) is 19.1 Å². The number of Topliss-reactive ketones (excluding diaryl/α,β-unsaturated/α-hetero) is 1. The van der Waals surface area contributed by atoms with Crippen molar-refractivity contribution >= 4 is 34.2 Å². The number of likely N-dealkylation sites (tertiary alicyclic amines) is 1. The molecule has 1 aliphatic carbocycles. The first-order valence-corrected chi connectivity index (χ1v) is 15.1. The van der Waals surface area contributed by atoms with Gasteiger partial charge in [0.2, 0.25) is 5.91 Å². The Bertz CT molecular complexity index is 1500. The number of halogens is 1. The summed E-state index contributed by atoms with van der Waals surface area (Å²) in [4.78, 5) is 40.3. The monoisotopic (exact) mass is 592 g/mol. The molecule has 2 aliphatic rings. The van der Waals surface area contributed by atoms with Crippen molar-refractivity contribution in [3.63, 3.8) is 0 Å². The first-order chi connectivity index (χ1) is 20.7. The predicted molar refractivity (Wildman–Crippen MR) is 161 cm³/mol. The van der Waals surface area contributed by atoms with Crippen LogP contribution in [0.4, 0.5) is 10.1 Å². The molecule has 0 radical (unpaired) electrons. The number of aryl methyl sites for hydroxylation is 2. The van der Waals surface area contributed by atoms with Gasteiger partial charge >= 0.3 is 0 Å². The number of para-hydroxylation sites is 1. The maximum Gasteiger partial charge on any atom is 0.276 e. The van der Waals surface area contributed by atoms with Crippen LogP contribution in [0.5, 0.6) is 0 Å². The van der Waals surface area contributed by atoms with Crippen LogP contribution in [0.2, 0.25) is 0 Å². The van der Waals surface area contributed by atoms with Crippen LogP contribution >= 0.6 is 0 Å². The minimum Gasteiger partial charge on any atom is -0.383 e. The van der Waals surface area contributed by atoms with Crippen LogP contribution in [0, 0.1) is 18.7 Å². The van der Waals surface area contributed by atoms with Gasteiger partial charge < -0.3 is 19.7 Å². The molecule has 0 unspecified atom stereocenters. The highest BCUT2D eigenvalue weighted by molar-refractivity contribution is 6.11. The van der Waals surface area contributed by atoms with Crippen molar-refractivity contribution in [2.45, 2.75) is 77.0 Å². The molecule has 2 heterocycles. The topological polar surface area (TPSA) is 103 Å². The lowest BCUT2D eigenvalue weighted by molar-refractivity contribution is -0.137. The summed E-state index contributed by atoms with van der Waals surface area (Å²) < 4.78 is 28.7. The lowest BCUT2D eigenvalue weighted by atomic mass is 9.85. The maximum absolute atomic E-state index is 15.4. The number of carbonyl (C=O) groups excluding carboxylic acids is 3. The largest absolute Gasteiger partial charge is 0.383 e. The summed E-state index contributed by atoms with van der Waals surface area (Å²) in [5.74, 6) is -0.794. The summed E-state index contributed by atoms with van der Waals surface area (Å²) in [5.41, 5.74) is 2.33. The number of hydrogen-bond acceptors (Lipinski definition) is 6. The molecule has 2 aromatic carbocycles. The normalized spacial score (nSPS) is 22.2. The third kappa shape index (κ3) is 6.80. The fraction of sp³-hybridized carbons (Fsp3) is 0.515. The third-order valence-electron chi connectivity index (χ3n) is 9.00. The van der Waals surface area contributed by atoms with Crippen molar-refractivity contribution in [3.05, 3.63) is 59.0 Å². The zero-order valence-electron chi connectivity index (χ0n) is 25.4. The lowest BCUT2D eigenvalue weighted by Crippen LogP contribution is -2.46. The second kappa shape index (κ2) is 13.3. The zero-order valence-corrected chi connectivity index (χ0v) is 25.4. The molecule has 1 aliphatic heterocycles. The summed E-state index contributed by atoms with van der Waals surface area (Å²) in [6.45, 7) is 4.25. The van der Waals surface area contributed by atoms with Gasteiger partial charge in [0.15, 0.2) is 5.69 Å². The van der Waals surface area contributed by atoms with Crippen molar-refractivity contribution < 1.29 is 28.2 Å². The van der Waals surface area contributed by atoms with Gasteiger partial charge in [-0.25, -0.2) is 4.39 Å². The third-order valence-corrected chi connectivity index (χ3v) is 9.00. The Morgan fingerprint density at radius 2 is 1.72 bits per heavy atom. The van der Waals surface area contributed by atoms with E-state index in [0.717, 1.165) is 44.0 Å². The fourth-order valence-corrected chi connectivity index (χ4v) is 6.60. The Morgan fingerprint density at radius 3 is 2.42 bits per heavy atom. The van der Waals surface area contributed by atoms with Gasteiger partial charge in [-0.2, -0.15) is 5.10 Å². The molecular weight excluding hydrogens is 551 g/mol.